The van der Waals surface area contributed by atoms with Gasteiger partial charge in [-0.15, -0.1) is 0 Å². The van der Waals surface area contributed by atoms with E-state index in [0.717, 1.165) is 42.3 Å². The van der Waals surface area contributed by atoms with Crippen molar-refractivity contribution in [2.24, 2.45) is 0 Å². The lowest BCUT2D eigenvalue weighted by Crippen LogP contribution is -2.00. The first-order valence-electron chi connectivity index (χ1n) is 6.32. The van der Waals surface area contributed by atoms with Crippen molar-refractivity contribution >= 4 is 49.1 Å². The third kappa shape index (κ3) is 3.15. The van der Waals surface area contributed by atoms with Gasteiger partial charge in [0.05, 0.1) is 10.2 Å². The summed E-state index contributed by atoms with van der Waals surface area (Å²) < 4.78 is 12.7. The zero-order valence-corrected chi connectivity index (χ0v) is 15.1. The lowest BCUT2D eigenvalue weighted by molar-refractivity contribution is 0.173. The maximum atomic E-state index is 6.16. The number of benzene rings is 2. The Hall–Kier alpha value is -0.910. The highest BCUT2D eigenvalue weighted by atomic mass is 79.9. The molecule has 0 spiro atoms. The van der Waals surface area contributed by atoms with Crippen LogP contribution in [0.25, 0.3) is 0 Å². The van der Waals surface area contributed by atoms with Gasteiger partial charge in [0.15, 0.2) is 11.5 Å². The molecule has 1 aliphatic rings. The van der Waals surface area contributed by atoms with Crippen molar-refractivity contribution in [2.75, 3.05) is 12.1 Å². The number of ether oxygens (including phenoxy) is 2. The normalized spacial score (nSPS) is 12.6. The third-order valence-corrected chi connectivity index (χ3v) is 4.87. The van der Waals surface area contributed by atoms with Gasteiger partial charge in [-0.3, -0.25) is 0 Å². The Balaban J connectivity index is 1.79. The Morgan fingerprint density at radius 3 is 2.76 bits per heavy atom. The Bertz CT molecular complexity index is 707. The summed E-state index contributed by atoms with van der Waals surface area (Å²) in [7, 11) is 0. The zero-order valence-electron chi connectivity index (χ0n) is 11.2. The van der Waals surface area contributed by atoms with Crippen LogP contribution in [0, 0.1) is 6.92 Å². The van der Waals surface area contributed by atoms with Crippen LogP contribution in [0.4, 0.5) is 5.69 Å². The fourth-order valence-corrected chi connectivity index (χ4v) is 3.47. The van der Waals surface area contributed by atoms with Gasteiger partial charge in [-0.25, -0.2) is 0 Å². The van der Waals surface area contributed by atoms with Crippen LogP contribution in [-0.2, 0) is 6.54 Å². The molecule has 0 bridgehead atoms. The van der Waals surface area contributed by atoms with E-state index < -0.39 is 0 Å². The van der Waals surface area contributed by atoms with E-state index in [9.17, 15) is 0 Å². The number of halogens is 3. The summed E-state index contributed by atoms with van der Waals surface area (Å²) in [6, 6.07) is 7.91. The highest BCUT2D eigenvalue weighted by molar-refractivity contribution is 9.11. The van der Waals surface area contributed by atoms with Crippen LogP contribution in [0.1, 0.15) is 11.1 Å². The number of aryl methyl sites for hydroxylation is 1. The van der Waals surface area contributed by atoms with Crippen molar-refractivity contribution in [1.82, 2.24) is 0 Å². The lowest BCUT2D eigenvalue weighted by Gasteiger charge is -2.11. The van der Waals surface area contributed by atoms with E-state index in [0.29, 0.717) is 6.54 Å². The molecule has 0 amide bonds. The Labute approximate surface area is 144 Å². The molecule has 1 N–H and O–H groups in total. The molecular weight excluding hydrogens is 421 g/mol. The van der Waals surface area contributed by atoms with E-state index in [2.05, 4.69) is 37.2 Å². The van der Waals surface area contributed by atoms with Crippen LogP contribution in [0.3, 0.4) is 0 Å². The molecule has 110 valence electrons. The summed E-state index contributed by atoms with van der Waals surface area (Å²) in [5, 5.41) is 4.11. The van der Waals surface area contributed by atoms with E-state index in [1.165, 1.54) is 0 Å². The number of anilines is 1. The van der Waals surface area contributed by atoms with Crippen molar-refractivity contribution < 1.29 is 9.47 Å². The molecule has 0 unspecified atom stereocenters. The second-order valence-electron chi connectivity index (χ2n) is 4.75. The average molecular weight is 434 g/mol. The molecule has 0 saturated carbocycles. The van der Waals surface area contributed by atoms with Gasteiger partial charge in [-0.2, -0.15) is 0 Å². The van der Waals surface area contributed by atoms with Crippen molar-refractivity contribution in [1.29, 1.82) is 0 Å². The second-order valence-corrected chi connectivity index (χ2v) is 6.86. The van der Waals surface area contributed by atoms with Crippen molar-refractivity contribution in [2.45, 2.75) is 13.5 Å². The minimum atomic E-state index is 0.268. The smallest absolute Gasteiger partial charge is 0.231 e. The predicted octanol–water partition coefficient (Wildman–Crippen LogP) is 5.51. The molecule has 0 aromatic heterocycles. The molecule has 3 rings (SSSR count). The van der Waals surface area contributed by atoms with Crippen molar-refractivity contribution in [3.63, 3.8) is 0 Å². The summed E-state index contributed by atoms with van der Waals surface area (Å²) in [4.78, 5) is 0. The minimum absolute atomic E-state index is 0.268. The van der Waals surface area contributed by atoms with E-state index in [1.807, 2.05) is 31.2 Å². The summed E-state index contributed by atoms with van der Waals surface area (Å²) in [6.45, 7) is 2.91. The molecule has 21 heavy (non-hydrogen) atoms. The predicted molar refractivity (Wildman–Crippen MR) is 91.5 cm³/mol. The van der Waals surface area contributed by atoms with Gasteiger partial charge in [-0.1, -0.05) is 11.6 Å². The molecule has 0 aliphatic carbocycles. The molecule has 3 nitrogen and oxygen atoms in total. The van der Waals surface area contributed by atoms with Gasteiger partial charge >= 0.3 is 0 Å². The highest BCUT2D eigenvalue weighted by Crippen LogP contribution is 2.40. The number of nitrogens with one attached hydrogen (secondary N) is 1. The Kier molecular flexibility index (Phi) is 4.33. The molecule has 1 heterocycles. The third-order valence-electron chi connectivity index (χ3n) is 3.22. The zero-order chi connectivity index (χ0) is 15.0. The first-order valence-corrected chi connectivity index (χ1v) is 8.28. The van der Waals surface area contributed by atoms with Crippen LogP contribution >= 0.6 is 43.5 Å². The van der Waals surface area contributed by atoms with Gasteiger partial charge in [0.1, 0.15) is 0 Å². The van der Waals surface area contributed by atoms with Crippen LogP contribution < -0.4 is 14.8 Å². The summed E-state index contributed by atoms with van der Waals surface area (Å²) in [5.41, 5.74) is 3.09. The maximum Gasteiger partial charge on any atom is 0.231 e. The molecule has 0 fully saturated rings. The topological polar surface area (TPSA) is 30.5 Å². The summed E-state index contributed by atoms with van der Waals surface area (Å²) in [5.74, 6) is 1.53. The first-order chi connectivity index (χ1) is 10.0. The van der Waals surface area contributed by atoms with Gasteiger partial charge in [0, 0.05) is 16.0 Å². The quantitative estimate of drug-likeness (QED) is 0.692. The van der Waals surface area contributed by atoms with Crippen molar-refractivity contribution in [3.8, 4) is 11.5 Å². The van der Waals surface area contributed by atoms with Crippen LogP contribution in [0.15, 0.2) is 33.2 Å². The Morgan fingerprint density at radius 1 is 1.14 bits per heavy atom. The largest absolute Gasteiger partial charge is 0.454 e. The van der Waals surface area contributed by atoms with Crippen LogP contribution in [0.2, 0.25) is 5.02 Å². The monoisotopic (exact) mass is 431 g/mol. The Morgan fingerprint density at radius 2 is 1.95 bits per heavy atom. The molecule has 0 saturated heterocycles. The number of rotatable bonds is 3. The molecule has 2 aromatic carbocycles. The number of hydrogen-bond acceptors (Lipinski definition) is 3. The minimum Gasteiger partial charge on any atom is -0.454 e. The van der Waals surface area contributed by atoms with E-state index in [1.54, 1.807) is 0 Å². The lowest BCUT2D eigenvalue weighted by atomic mass is 10.2. The van der Waals surface area contributed by atoms with Crippen LogP contribution in [-0.4, -0.2) is 6.79 Å². The van der Waals surface area contributed by atoms with E-state index >= 15 is 0 Å². The molecule has 0 atom stereocenters. The van der Waals surface area contributed by atoms with Crippen molar-refractivity contribution in [3.05, 3.63) is 49.4 Å². The molecule has 6 heteroatoms. The van der Waals surface area contributed by atoms with Gasteiger partial charge in [0.25, 0.3) is 0 Å². The maximum absolute atomic E-state index is 6.16. The molecule has 1 aliphatic heterocycles. The standard InChI is InChI=1S/C15H12Br2ClNO2/c1-8-2-10(16)13(5-12(8)18)19-6-9-3-11(17)15-14(4-9)20-7-21-15/h2-5,19H,6-7H2,1H3. The molecule has 0 radical (unpaired) electrons. The number of hydrogen-bond donors (Lipinski definition) is 1. The van der Waals surface area contributed by atoms with E-state index in [-0.39, 0.29) is 6.79 Å². The molecular formula is C15H12Br2ClNO2. The van der Waals surface area contributed by atoms with Gasteiger partial charge in [0.2, 0.25) is 6.79 Å². The summed E-state index contributed by atoms with van der Waals surface area (Å²) in [6.07, 6.45) is 0. The van der Waals surface area contributed by atoms with Gasteiger partial charge in [-0.05, 0) is 74.2 Å². The first kappa shape index (κ1) is 15.0. The van der Waals surface area contributed by atoms with Crippen LogP contribution in [0.5, 0.6) is 11.5 Å². The van der Waals surface area contributed by atoms with E-state index in [4.69, 9.17) is 21.1 Å². The van der Waals surface area contributed by atoms with Gasteiger partial charge < -0.3 is 14.8 Å². The SMILES string of the molecule is Cc1cc(Br)c(NCc2cc(Br)c3c(c2)OCO3)cc1Cl. The fourth-order valence-electron chi connectivity index (χ4n) is 2.10. The molecule has 2 aromatic rings. The number of fused-ring (bicyclic) bond motifs is 1. The fraction of sp³-hybridized carbons (Fsp3) is 0.200. The second kappa shape index (κ2) is 6.07. The highest BCUT2D eigenvalue weighted by Gasteiger charge is 2.17. The average Bonchev–Trinajstić information content (AvgIpc) is 2.90. The summed E-state index contributed by atoms with van der Waals surface area (Å²) >= 11 is 13.2.